The van der Waals surface area contributed by atoms with E-state index in [0.29, 0.717) is 23.0 Å². The second-order valence-corrected chi connectivity index (χ2v) is 10.1. The average Bonchev–Trinajstić information content (AvgIpc) is 2.74. The quantitative estimate of drug-likeness (QED) is 0.593. The molecule has 0 fully saturated rings. The van der Waals surface area contributed by atoms with Gasteiger partial charge in [-0.05, 0) is 24.2 Å². The van der Waals surface area contributed by atoms with Crippen molar-refractivity contribution < 1.29 is 19.3 Å². The fourth-order valence-corrected chi connectivity index (χ4v) is 6.06. The molecule has 0 aliphatic heterocycles. The van der Waals surface area contributed by atoms with E-state index >= 15 is 0 Å². The maximum atomic E-state index is 11.4. The SMILES string of the molecule is COc1cc(OC)c(P(c2ccccc2)c2cccc(C(C)(C)C)c2O)c(OC)c1. The second-order valence-electron chi connectivity index (χ2n) is 7.97. The number of methoxy groups -OCH3 is 3. The Morgan fingerprint density at radius 2 is 1.37 bits per heavy atom. The highest BCUT2D eigenvalue weighted by molar-refractivity contribution is 7.80. The maximum Gasteiger partial charge on any atom is 0.134 e. The topological polar surface area (TPSA) is 47.9 Å². The number of ether oxygens (including phenoxy) is 3. The van der Waals surface area contributed by atoms with Gasteiger partial charge in [0.1, 0.15) is 23.0 Å². The highest BCUT2D eigenvalue weighted by Gasteiger charge is 2.30. The Kier molecular flexibility index (Phi) is 6.58. The number of rotatable bonds is 6. The number of benzene rings is 3. The monoisotopic (exact) mass is 424 g/mol. The van der Waals surface area contributed by atoms with Gasteiger partial charge in [-0.25, -0.2) is 0 Å². The van der Waals surface area contributed by atoms with Crippen LogP contribution >= 0.6 is 7.92 Å². The van der Waals surface area contributed by atoms with Crippen molar-refractivity contribution >= 4 is 23.8 Å². The fourth-order valence-electron chi connectivity index (χ4n) is 3.49. The van der Waals surface area contributed by atoms with Crippen LogP contribution in [0.3, 0.4) is 0 Å². The Balaban J connectivity index is 2.36. The highest BCUT2D eigenvalue weighted by Crippen LogP contribution is 2.45. The first-order valence-electron chi connectivity index (χ1n) is 9.79. The third-order valence-electron chi connectivity index (χ3n) is 4.99. The van der Waals surface area contributed by atoms with Crippen molar-refractivity contribution in [3.63, 3.8) is 0 Å². The van der Waals surface area contributed by atoms with E-state index in [2.05, 4.69) is 32.9 Å². The molecule has 3 aromatic rings. The first-order chi connectivity index (χ1) is 14.3. The van der Waals surface area contributed by atoms with Crippen LogP contribution < -0.4 is 30.1 Å². The highest BCUT2D eigenvalue weighted by atomic mass is 31.1. The van der Waals surface area contributed by atoms with Crippen molar-refractivity contribution in [2.24, 2.45) is 0 Å². The van der Waals surface area contributed by atoms with Crippen LogP contribution in [-0.4, -0.2) is 26.4 Å². The van der Waals surface area contributed by atoms with Crippen molar-refractivity contribution in [2.45, 2.75) is 26.2 Å². The number of hydrogen-bond acceptors (Lipinski definition) is 4. The molecule has 0 aliphatic rings. The van der Waals surface area contributed by atoms with Crippen LogP contribution in [-0.2, 0) is 5.41 Å². The standard InChI is InChI=1S/C25H29O4P/c1-25(2,3)19-13-10-14-22(23(19)26)30(18-11-8-7-9-12-18)24-20(28-5)15-17(27-4)16-21(24)29-6/h7-16,26H,1-6H3. The van der Waals surface area contributed by atoms with Gasteiger partial charge in [-0.1, -0.05) is 69.3 Å². The van der Waals surface area contributed by atoms with E-state index in [9.17, 15) is 5.11 Å². The summed E-state index contributed by atoms with van der Waals surface area (Å²) in [6.07, 6.45) is 0. The Hall–Kier alpha value is -2.71. The molecule has 0 saturated heterocycles. The van der Waals surface area contributed by atoms with E-state index < -0.39 is 7.92 Å². The summed E-state index contributed by atoms with van der Waals surface area (Å²) in [6.45, 7) is 6.31. The molecule has 0 aliphatic carbocycles. The third-order valence-corrected chi connectivity index (χ3v) is 7.54. The van der Waals surface area contributed by atoms with Crippen molar-refractivity contribution in [3.05, 3.63) is 66.2 Å². The predicted octanol–water partition coefficient (Wildman–Crippen LogP) is 4.47. The fraction of sp³-hybridized carbons (Fsp3) is 0.280. The molecule has 3 aromatic carbocycles. The van der Waals surface area contributed by atoms with Gasteiger partial charge in [0.2, 0.25) is 0 Å². The zero-order valence-corrected chi connectivity index (χ0v) is 19.3. The molecular formula is C25H29O4P. The van der Waals surface area contributed by atoms with Gasteiger partial charge in [-0.3, -0.25) is 0 Å². The summed E-state index contributed by atoms with van der Waals surface area (Å²) in [4.78, 5) is 0. The summed E-state index contributed by atoms with van der Waals surface area (Å²) < 4.78 is 17.0. The lowest BCUT2D eigenvalue weighted by Gasteiger charge is -2.27. The van der Waals surface area contributed by atoms with Crippen LogP contribution in [0.2, 0.25) is 0 Å². The van der Waals surface area contributed by atoms with Crippen molar-refractivity contribution in [3.8, 4) is 23.0 Å². The molecule has 0 radical (unpaired) electrons. The summed E-state index contributed by atoms with van der Waals surface area (Å²) in [7, 11) is 3.74. The van der Waals surface area contributed by atoms with Crippen molar-refractivity contribution in [2.75, 3.05) is 21.3 Å². The molecule has 1 N–H and O–H groups in total. The zero-order valence-electron chi connectivity index (χ0n) is 18.4. The number of para-hydroxylation sites is 1. The third kappa shape index (κ3) is 4.24. The molecule has 158 valence electrons. The smallest absolute Gasteiger partial charge is 0.134 e. The Morgan fingerprint density at radius 3 is 1.87 bits per heavy atom. The number of phenolic OH excluding ortho intramolecular Hbond substituents is 1. The average molecular weight is 424 g/mol. The van der Waals surface area contributed by atoms with Gasteiger partial charge in [0.05, 0.1) is 26.6 Å². The van der Waals surface area contributed by atoms with Crippen molar-refractivity contribution in [1.29, 1.82) is 0 Å². The molecule has 30 heavy (non-hydrogen) atoms. The van der Waals surface area contributed by atoms with E-state index in [-0.39, 0.29) is 5.41 Å². The zero-order chi connectivity index (χ0) is 21.9. The van der Waals surface area contributed by atoms with Gasteiger partial charge in [-0.15, -0.1) is 0 Å². The van der Waals surface area contributed by atoms with Gasteiger partial charge in [0, 0.05) is 17.4 Å². The van der Waals surface area contributed by atoms with Crippen LogP contribution in [0.25, 0.3) is 0 Å². The van der Waals surface area contributed by atoms with E-state index in [1.54, 1.807) is 21.3 Å². The predicted molar refractivity (Wildman–Crippen MR) is 125 cm³/mol. The second kappa shape index (κ2) is 8.97. The normalized spacial score (nSPS) is 12.3. The largest absolute Gasteiger partial charge is 0.507 e. The molecule has 0 saturated carbocycles. The van der Waals surface area contributed by atoms with Gasteiger partial charge < -0.3 is 19.3 Å². The molecule has 0 bridgehead atoms. The Bertz CT molecular complexity index is 984. The molecule has 0 aromatic heterocycles. The maximum absolute atomic E-state index is 11.4. The van der Waals surface area contributed by atoms with Crippen LogP contribution in [0.15, 0.2) is 60.7 Å². The lowest BCUT2D eigenvalue weighted by molar-refractivity contribution is 0.380. The first kappa shape index (κ1) is 22.0. The molecular weight excluding hydrogens is 395 g/mol. The molecule has 5 heteroatoms. The van der Waals surface area contributed by atoms with E-state index in [4.69, 9.17) is 14.2 Å². The minimum Gasteiger partial charge on any atom is -0.507 e. The number of phenols is 1. The van der Waals surface area contributed by atoms with Crippen LogP contribution in [0, 0.1) is 0 Å². The summed E-state index contributed by atoms with van der Waals surface area (Å²) in [6, 6.07) is 19.9. The Labute approximate surface area is 180 Å². The first-order valence-corrected chi connectivity index (χ1v) is 11.1. The van der Waals surface area contributed by atoms with Gasteiger partial charge in [0.15, 0.2) is 0 Å². The minimum absolute atomic E-state index is 0.189. The van der Waals surface area contributed by atoms with Gasteiger partial charge >= 0.3 is 0 Å². The molecule has 1 atom stereocenters. The van der Waals surface area contributed by atoms with Crippen LogP contribution in [0.5, 0.6) is 23.0 Å². The summed E-state index contributed by atoms with van der Waals surface area (Å²) in [5, 5.41) is 14.2. The molecule has 4 nitrogen and oxygen atoms in total. The van der Waals surface area contributed by atoms with Crippen LogP contribution in [0.1, 0.15) is 26.3 Å². The minimum atomic E-state index is -1.16. The van der Waals surface area contributed by atoms with Crippen LogP contribution in [0.4, 0.5) is 0 Å². The lowest BCUT2D eigenvalue weighted by atomic mass is 9.86. The van der Waals surface area contributed by atoms with E-state index in [1.807, 2.05) is 48.5 Å². The molecule has 0 amide bonds. The number of aromatic hydroxyl groups is 1. The molecule has 0 heterocycles. The number of hydrogen-bond donors (Lipinski definition) is 1. The van der Waals surface area contributed by atoms with Crippen molar-refractivity contribution in [1.82, 2.24) is 0 Å². The van der Waals surface area contributed by atoms with E-state index in [0.717, 1.165) is 21.5 Å². The summed E-state index contributed by atoms with van der Waals surface area (Å²) in [5.74, 6) is 2.31. The van der Waals surface area contributed by atoms with Gasteiger partial charge in [0.25, 0.3) is 0 Å². The van der Waals surface area contributed by atoms with E-state index in [1.165, 1.54) is 0 Å². The lowest BCUT2D eigenvalue weighted by Crippen LogP contribution is -2.25. The molecule has 3 rings (SSSR count). The molecule has 0 spiro atoms. The summed E-state index contributed by atoms with van der Waals surface area (Å²) in [5.41, 5.74) is 0.723. The Morgan fingerprint density at radius 1 is 0.767 bits per heavy atom. The van der Waals surface area contributed by atoms with Gasteiger partial charge in [-0.2, -0.15) is 0 Å². The molecule has 1 unspecified atom stereocenters. The summed E-state index contributed by atoms with van der Waals surface area (Å²) >= 11 is 0.